The minimum absolute atomic E-state index is 0.638. The lowest BCUT2D eigenvalue weighted by molar-refractivity contribution is 0.140. The molecule has 1 atom stereocenters. The largest absolute Gasteiger partial charge is 0.382 e. The first kappa shape index (κ1) is 19.0. The fraction of sp³-hybridized carbons (Fsp3) is 0.700. The fourth-order valence-corrected chi connectivity index (χ4v) is 2.93. The third-order valence-electron chi connectivity index (χ3n) is 4.24. The van der Waals surface area contributed by atoms with Crippen molar-refractivity contribution in [3.63, 3.8) is 0 Å². The van der Waals surface area contributed by atoms with Gasteiger partial charge in [-0.1, -0.05) is 57.6 Å². The fourth-order valence-electron chi connectivity index (χ4n) is 2.93. The summed E-state index contributed by atoms with van der Waals surface area (Å²) in [5.74, 6) is 0.638. The van der Waals surface area contributed by atoms with E-state index in [1.165, 1.54) is 57.1 Å². The highest BCUT2D eigenvalue weighted by Crippen LogP contribution is 2.23. The second-order valence-corrected chi connectivity index (χ2v) is 6.10. The number of ether oxygens (including phenoxy) is 1. The maximum atomic E-state index is 5.50. The molecule has 0 aromatic heterocycles. The molecule has 126 valence electrons. The molecule has 0 saturated carbocycles. The van der Waals surface area contributed by atoms with Gasteiger partial charge in [0.15, 0.2) is 0 Å². The summed E-state index contributed by atoms with van der Waals surface area (Å²) < 4.78 is 5.50. The smallest absolute Gasteiger partial charge is 0.0466 e. The van der Waals surface area contributed by atoms with E-state index in [0.29, 0.717) is 5.92 Å². The first-order chi connectivity index (χ1) is 10.9. The summed E-state index contributed by atoms with van der Waals surface area (Å²) in [5, 5.41) is 3.46. The lowest BCUT2D eigenvalue weighted by atomic mass is 9.92. The van der Waals surface area contributed by atoms with Crippen LogP contribution < -0.4 is 5.32 Å². The maximum absolute atomic E-state index is 5.50. The third-order valence-corrected chi connectivity index (χ3v) is 4.24. The van der Waals surface area contributed by atoms with Crippen LogP contribution >= 0.6 is 0 Å². The molecule has 0 aliphatic carbocycles. The van der Waals surface area contributed by atoms with E-state index in [4.69, 9.17) is 4.74 Å². The highest BCUT2D eigenvalue weighted by Gasteiger charge is 2.13. The Bertz CT molecular complexity index is 344. The van der Waals surface area contributed by atoms with Crippen molar-refractivity contribution in [3.05, 3.63) is 36.2 Å². The number of nitrogens with one attached hydrogen (secondary N) is 1. The third kappa shape index (κ3) is 9.09. The van der Waals surface area contributed by atoms with Crippen molar-refractivity contribution in [3.8, 4) is 0 Å². The molecule has 0 bridgehead atoms. The van der Waals surface area contributed by atoms with Gasteiger partial charge in [0.05, 0.1) is 0 Å². The summed E-state index contributed by atoms with van der Waals surface area (Å²) in [6, 6.07) is 0. The van der Waals surface area contributed by atoms with E-state index in [-0.39, 0.29) is 0 Å². The van der Waals surface area contributed by atoms with Crippen molar-refractivity contribution in [1.29, 1.82) is 0 Å². The predicted molar refractivity (Wildman–Crippen MR) is 96.7 cm³/mol. The van der Waals surface area contributed by atoms with E-state index in [2.05, 4.69) is 43.5 Å². The van der Waals surface area contributed by atoms with Gasteiger partial charge in [0.1, 0.15) is 0 Å². The number of rotatable bonds is 13. The zero-order valence-corrected chi connectivity index (χ0v) is 14.7. The van der Waals surface area contributed by atoms with Crippen molar-refractivity contribution in [2.24, 2.45) is 5.92 Å². The van der Waals surface area contributed by atoms with Crippen LogP contribution in [0.5, 0.6) is 0 Å². The highest BCUT2D eigenvalue weighted by atomic mass is 16.5. The van der Waals surface area contributed by atoms with Gasteiger partial charge >= 0.3 is 0 Å². The molecule has 1 N–H and O–H groups in total. The topological polar surface area (TPSA) is 21.3 Å². The van der Waals surface area contributed by atoms with Gasteiger partial charge in [0.25, 0.3) is 0 Å². The standard InChI is InChI=1S/C20H35NO/c1-3-5-6-7-8-10-14-19(15-13-18-22-4-2)20-16-11-9-12-17-21-20/h9,11-12,16-17,19,21H,3-8,10,13-15,18H2,1-2H3. The van der Waals surface area contributed by atoms with Crippen molar-refractivity contribution in [2.45, 2.75) is 71.6 Å². The van der Waals surface area contributed by atoms with Crippen molar-refractivity contribution in [1.82, 2.24) is 5.32 Å². The van der Waals surface area contributed by atoms with Crippen LogP contribution in [0.25, 0.3) is 0 Å². The van der Waals surface area contributed by atoms with Crippen molar-refractivity contribution >= 4 is 0 Å². The summed E-state index contributed by atoms with van der Waals surface area (Å²) in [7, 11) is 0. The second-order valence-electron chi connectivity index (χ2n) is 6.10. The van der Waals surface area contributed by atoms with Crippen LogP contribution in [0.3, 0.4) is 0 Å². The van der Waals surface area contributed by atoms with Crippen LogP contribution in [0.15, 0.2) is 36.2 Å². The molecule has 1 aliphatic rings. The SMILES string of the molecule is CCCCCCCCC(CCCOCC)C1=CC=CC=CN1. The normalized spacial score (nSPS) is 15.3. The Morgan fingerprint density at radius 1 is 0.909 bits per heavy atom. The van der Waals surface area contributed by atoms with Crippen LogP contribution in [0.4, 0.5) is 0 Å². The molecule has 0 fully saturated rings. The molecule has 2 nitrogen and oxygen atoms in total. The number of hydrogen-bond donors (Lipinski definition) is 1. The predicted octanol–water partition coefficient (Wildman–Crippen LogP) is 5.73. The number of hydrogen-bond acceptors (Lipinski definition) is 2. The van der Waals surface area contributed by atoms with Gasteiger partial charge in [-0.25, -0.2) is 0 Å². The van der Waals surface area contributed by atoms with Gasteiger partial charge in [0.2, 0.25) is 0 Å². The highest BCUT2D eigenvalue weighted by molar-refractivity contribution is 5.22. The minimum atomic E-state index is 0.638. The van der Waals surface area contributed by atoms with Gasteiger partial charge in [0, 0.05) is 25.1 Å². The summed E-state index contributed by atoms with van der Waals surface area (Å²) in [4.78, 5) is 0. The summed E-state index contributed by atoms with van der Waals surface area (Å²) in [6.45, 7) is 6.06. The molecule has 1 unspecified atom stereocenters. The van der Waals surface area contributed by atoms with Gasteiger partial charge < -0.3 is 10.1 Å². The lowest BCUT2D eigenvalue weighted by Crippen LogP contribution is -2.16. The van der Waals surface area contributed by atoms with Crippen molar-refractivity contribution in [2.75, 3.05) is 13.2 Å². The van der Waals surface area contributed by atoms with Crippen LogP contribution in [-0.4, -0.2) is 13.2 Å². The Labute approximate surface area is 137 Å². The van der Waals surface area contributed by atoms with E-state index in [9.17, 15) is 0 Å². The summed E-state index contributed by atoms with van der Waals surface area (Å²) >= 11 is 0. The molecule has 1 rings (SSSR count). The molecule has 0 amide bonds. The molecule has 0 spiro atoms. The average molecular weight is 306 g/mol. The number of allylic oxidation sites excluding steroid dienone is 5. The Morgan fingerprint density at radius 3 is 2.50 bits per heavy atom. The Kier molecular flexibility index (Phi) is 11.8. The monoisotopic (exact) mass is 305 g/mol. The molecule has 22 heavy (non-hydrogen) atoms. The average Bonchev–Trinajstić information content (AvgIpc) is 2.82. The number of unbranched alkanes of at least 4 members (excludes halogenated alkanes) is 5. The van der Waals surface area contributed by atoms with Gasteiger partial charge in [-0.2, -0.15) is 0 Å². The van der Waals surface area contributed by atoms with Gasteiger partial charge in [-0.15, -0.1) is 0 Å². The maximum Gasteiger partial charge on any atom is 0.0466 e. The second kappa shape index (κ2) is 13.6. The first-order valence-electron chi connectivity index (χ1n) is 9.26. The minimum Gasteiger partial charge on any atom is -0.382 e. The molecule has 1 heterocycles. The zero-order valence-electron chi connectivity index (χ0n) is 14.7. The van der Waals surface area contributed by atoms with Gasteiger partial charge in [-0.3, -0.25) is 0 Å². The summed E-state index contributed by atoms with van der Waals surface area (Å²) in [6.07, 6.45) is 22.5. The van der Waals surface area contributed by atoms with Crippen LogP contribution in [0.1, 0.15) is 71.6 Å². The lowest BCUT2D eigenvalue weighted by Gasteiger charge is -2.20. The molecule has 0 saturated heterocycles. The molecule has 0 aromatic rings. The van der Waals surface area contributed by atoms with E-state index in [1.807, 2.05) is 6.20 Å². The Morgan fingerprint density at radius 2 is 1.68 bits per heavy atom. The van der Waals surface area contributed by atoms with Crippen LogP contribution in [0.2, 0.25) is 0 Å². The van der Waals surface area contributed by atoms with Crippen LogP contribution in [-0.2, 0) is 4.74 Å². The summed E-state index contributed by atoms with van der Waals surface area (Å²) in [5.41, 5.74) is 1.37. The Hall–Kier alpha value is -1.02. The van der Waals surface area contributed by atoms with E-state index >= 15 is 0 Å². The van der Waals surface area contributed by atoms with Gasteiger partial charge in [-0.05, 0) is 44.3 Å². The molecule has 0 radical (unpaired) electrons. The molecule has 2 heteroatoms. The van der Waals surface area contributed by atoms with E-state index in [1.54, 1.807) is 0 Å². The molecule has 1 aliphatic heterocycles. The van der Waals surface area contributed by atoms with E-state index in [0.717, 1.165) is 19.6 Å². The zero-order chi connectivity index (χ0) is 15.9. The first-order valence-corrected chi connectivity index (χ1v) is 9.26. The van der Waals surface area contributed by atoms with Crippen LogP contribution in [0, 0.1) is 5.92 Å². The molecular formula is C20H35NO. The quantitative estimate of drug-likeness (QED) is 0.439. The van der Waals surface area contributed by atoms with E-state index < -0.39 is 0 Å². The molecular weight excluding hydrogens is 270 g/mol. The Balaban J connectivity index is 2.35. The van der Waals surface area contributed by atoms with Crippen molar-refractivity contribution < 1.29 is 4.74 Å². The molecule has 0 aromatic carbocycles.